The first-order valence-corrected chi connectivity index (χ1v) is 8.18. The second-order valence-electron chi connectivity index (χ2n) is 5.89. The average Bonchev–Trinajstić information content (AvgIpc) is 2.46. The summed E-state index contributed by atoms with van der Waals surface area (Å²) in [6, 6.07) is 10.8. The van der Waals surface area contributed by atoms with Crippen LogP contribution in [0.5, 0.6) is 0 Å². The second kappa shape index (κ2) is 10.7. The van der Waals surface area contributed by atoms with Crippen LogP contribution >= 0.6 is 0 Å². The van der Waals surface area contributed by atoms with E-state index >= 15 is 0 Å². The van der Waals surface area contributed by atoms with E-state index in [2.05, 4.69) is 61.2 Å². The van der Waals surface area contributed by atoms with Crippen LogP contribution in [0.4, 0.5) is 5.69 Å². The molecule has 0 aromatic heterocycles. The molecule has 0 radical (unpaired) electrons. The van der Waals surface area contributed by atoms with Crippen molar-refractivity contribution >= 4 is 5.69 Å². The van der Waals surface area contributed by atoms with Gasteiger partial charge in [-0.1, -0.05) is 57.2 Å². The summed E-state index contributed by atoms with van der Waals surface area (Å²) in [5.41, 5.74) is 1.36. The Labute approximate surface area is 125 Å². The number of hydrogen-bond acceptors (Lipinski definition) is 2. The molecule has 1 aromatic carbocycles. The lowest BCUT2D eigenvalue weighted by atomic mass is 10.1. The lowest BCUT2D eigenvalue weighted by Gasteiger charge is -2.26. The lowest BCUT2D eigenvalue weighted by Crippen LogP contribution is -2.32. The molecule has 2 nitrogen and oxygen atoms in total. The van der Waals surface area contributed by atoms with E-state index < -0.39 is 0 Å². The van der Waals surface area contributed by atoms with Crippen molar-refractivity contribution in [2.75, 3.05) is 38.6 Å². The van der Waals surface area contributed by atoms with E-state index in [9.17, 15) is 0 Å². The van der Waals surface area contributed by atoms with Gasteiger partial charge >= 0.3 is 0 Å². The van der Waals surface area contributed by atoms with Gasteiger partial charge in [0.05, 0.1) is 0 Å². The van der Waals surface area contributed by atoms with Crippen LogP contribution in [-0.4, -0.2) is 38.6 Å². The number of nitrogens with zero attached hydrogens (tertiary/aromatic N) is 2. The molecule has 1 rings (SSSR count). The van der Waals surface area contributed by atoms with Crippen LogP contribution in [0.3, 0.4) is 0 Å². The van der Waals surface area contributed by atoms with Crippen LogP contribution in [-0.2, 0) is 0 Å². The van der Waals surface area contributed by atoms with E-state index in [4.69, 9.17) is 0 Å². The van der Waals surface area contributed by atoms with Crippen LogP contribution in [0.1, 0.15) is 45.4 Å². The third kappa shape index (κ3) is 7.54. The summed E-state index contributed by atoms with van der Waals surface area (Å²) in [5, 5.41) is 0. The minimum Gasteiger partial charge on any atom is -0.370 e. The highest BCUT2D eigenvalue weighted by Gasteiger charge is 2.06. The molecule has 1 aromatic rings. The third-order valence-corrected chi connectivity index (χ3v) is 3.72. The molecular formula is C18H32N2. The highest BCUT2D eigenvalue weighted by molar-refractivity contribution is 5.45. The van der Waals surface area contributed by atoms with E-state index in [-0.39, 0.29) is 0 Å². The molecule has 0 N–H and O–H groups in total. The summed E-state index contributed by atoms with van der Waals surface area (Å²) >= 11 is 0. The van der Waals surface area contributed by atoms with Crippen molar-refractivity contribution in [3.05, 3.63) is 30.3 Å². The first kappa shape index (κ1) is 17.0. The Morgan fingerprint density at radius 2 is 1.40 bits per heavy atom. The fourth-order valence-corrected chi connectivity index (χ4v) is 2.41. The van der Waals surface area contributed by atoms with Crippen LogP contribution in [0.25, 0.3) is 0 Å². The van der Waals surface area contributed by atoms with Crippen molar-refractivity contribution < 1.29 is 0 Å². The average molecular weight is 276 g/mol. The van der Waals surface area contributed by atoms with Gasteiger partial charge in [0.25, 0.3) is 0 Å². The molecule has 0 amide bonds. The first-order chi connectivity index (χ1) is 9.74. The number of benzene rings is 1. The summed E-state index contributed by atoms with van der Waals surface area (Å²) in [4.78, 5) is 4.79. The Kier molecular flexibility index (Phi) is 9.14. The number of para-hydroxylation sites is 1. The van der Waals surface area contributed by atoms with E-state index in [0.29, 0.717) is 0 Å². The Morgan fingerprint density at radius 1 is 0.750 bits per heavy atom. The SMILES string of the molecule is CCCCCCCCN(CCN(C)C)c1ccccc1. The number of likely N-dealkylation sites (N-methyl/N-ethyl adjacent to an activating group) is 1. The smallest absolute Gasteiger partial charge is 0.0366 e. The van der Waals surface area contributed by atoms with Gasteiger partial charge in [-0.3, -0.25) is 0 Å². The van der Waals surface area contributed by atoms with E-state index in [1.54, 1.807) is 0 Å². The molecule has 2 heteroatoms. The fraction of sp³-hybridized carbons (Fsp3) is 0.667. The highest BCUT2D eigenvalue weighted by atomic mass is 15.2. The maximum atomic E-state index is 2.53. The van der Waals surface area contributed by atoms with Crippen molar-refractivity contribution in [2.24, 2.45) is 0 Å². The molecule has 0 aliphatic heterocycles. The normalized spacial score (nSPS) is 11.0. The van der Waals surface area contributed by atoms with Crippen molar-refractivity contribution in [3.8, 4) is 0 Å². The quantitative estimate of drug-likeness (QED) is 0.552. The summed E-state index contributed by atoms with van der Waals surface area (Å²) in [5.74, 6) is 0. The van der Waals surface area contributed by atoms with Gasteiger partial charge in [-0.2, -0.15) is 0 Å². The standard InChI is InChI=1S/C18H32N2/c1-4-5-6-7-8-12-15-20(17-16-19(2)3)18-13-10-9-11-14-18/h9-11,13-14H,4-8,12,15-17H2,1-3H3. The molecule has 0 spiro atoms. The number of anilines is 1. The number of rotatable bonds is 11. The summed E-state index contributed by atoms with van der Waals surface area (Å²) < 4.78 is 0. The van der Waals surface area contributed by atoms with Gasteiger partial charge in [0.15, 0.2) is 0 Å². The maximum Gasteiger partial charge on any atom is 0.0366 e. The second-order valence-corrected chi connectivity index (χ2v) is 5.89. The zero-order valence-electron chi connectivity index (χ0n) is 13.6. The predicted octanol–water partition coefficient (Wildman–Crippen LogP) is 4.42. The lowest BCUT2D eigenvalue weighted by molar-refractivity contribution is 0.412. The molecule has 0 aliphatic carbocycles. The van der Waals surface area contributed by atoms with Gasteiger partial charge < -0.3 is 9.80 Å². The van der Waals surface area contributed by atoms with Crippen molar-refractivity contribution in [1.82, 2.24) is 4.90 Å². The molecule has 0 aliphatic rings. The summed E-state index contributed by atoms with van der Waals surface area (Å²) in [6.45, 7) is 5.69. The molecule has 114 valence electrons. The van der Waals surface area contributed by atoms with Gasteiger partial charge in [-0.05, 0) is 32.6 Å². The zero-order chi connectivity index (χ0) is 14.6. The van der Waals surface area contributed by atoms with E-state index in [0.717, 1.165) is 13.1 Å². The van der Waals surface area contributed by atoms with E-state index in [1.165, 1.54) is 50.8 Å². The third-order valence-electron chi connectivity index (χ3n) is 3.72. The van der Waals surface area contributed by atoms with Crippen LogP contribution in [0.15, 0.2) is 30.3 Å². The fourth-order valence-electron chi connectivity index (χ4n) is 2.41. The molecule has 0 atom stereocenters. The van der Waals surface area contributed by atoms with Crippen LogP contribution in [0.2, 0.25) is 0 Å². The first-order valence-electron chi connectivity index (χ1n) is 8.18. The molecular weight excluding hydrogens is 244 g/mol. The summed E-state index contributed by atoms with van der Waals surface area (Å²) in [6.07, 6.45) is 8.20. The molecule has 0 heterocycles. The van der Waals surface area contributed by atoms with Gasteiger partial charge in [0, 0.05) is 25.3 Å². The van der Waals surface area contributed by atoms with Crippen molar-refractivity contribution in [1.29, 1.82) is 0 Å². The zero-order valence-corrected chi connectivity index (χ0v) is 13.6. The highest BCUT2D eigenvalue weighted by Crippen LogP contribution is 2.15. The Hall–Kier alpha value is -1.02. The van der Waals surface area contributed by atoms with E-state index in [1.807, 2.05) is 0 Å². The maximum absolute atomic E-state index is 2.53. The summed E-state index contributed by atoms with van der Waals surface area (Å²) in [7, 11) is 4.29. The number of hydrogen-bond donors (Lipinski definition) is 0. The topological polar surface area (TPSA) is 6.48 Å². The Balaban J connectivity index is 2.35. The molecule has 0 fully saturated rings. The van der Waals surface area contributed by atoms with Gasteiger partial charge in [-0.15, -0.1) is 0 Å². The van der Waals surface area contributed by atoms with Gasteiger partial charge in [0.2, 0.25) is 0 Å². The molecule has 0 saturated heterocycles. The van der Waals surface area contributed by atoms with Gasteiger partial charge in [0.1, 0.15) is 0 Å². The Morgan fingerprint density at radius 3 is 2.05 bits per heavy atom. The molecule has 0 unspecified atom stereocenters. The largest absolute Gasteiger partial charge is 0.370 e. The van der Waals surface area contributed by atoms with Crippen LogP contribution in [0, 0.1) is 0 Å². The van der Waals surface area contributed by atoms with Crippen molar-refractivity contribution in [3.63, 3.8) is 0 Å². The number of unbranched alkanes of at least 4 members (excludes halogenated alkanes) is 5. The monoisotopic (exact) mass is 276 g/mol. The molecule has 0 saturated carbocycles. The van der Waals surface area contributed by atoms with Crippen molar-refractivity contribution in [2.45, 2.75) is 45.4 Å². The van der Waals surface area contributed by atoms with Crippen LogP contribution < -0.4 is 4.90 Å². The molecule has 0 bridgehead atoms. The Bertz CT molecular complexity index is 321. The molecule has 20 heavy (non-hydrogen) atoms. The predicted molar refractivity (Wildman–Crippen MR) is 90.6 cm³/mol. The minimum atomic E-state index is 1.12. The minimum absolute atomic E-state index is 1.12. The van der Waals surface area contributed by atoms with Gasteiger partial charge in [-0.25, -0.2) is 0 Å².